The van der Waals surface area contributed by atoms with E-state index in [1.54, 1.807) is 0 Å². The Morgan fingerprint density at radius 1 is 0.517 bits per heavy atom. The zero-order valence-corrected chi connectivity index (χ0v) is 37.0. The molecule has 1 aromatic heterocycles. The number of benzene rings is 5. The van der Waals surface area contributed by atoms with Crippen molar-refractivity contribution in [2.24, 2.45) is 0 Å². The van der Waals surface area contributed by atoms with Crippen molar-refractivity contribution in [2.75, 3.05) is 23.5 Å². The molecule has 2 aliphatic rings. The largest absolute Gasteiger partial charge is 0.457 e. The van der Waals surface area contributed by atoms with Gasteiger partial charge in [0, 0.05) is 25.0 Å². The van der Waals surface area contributed by atoms with Crippen molar-refractivity contribution < 1.29 is 4.74 Å². The fourth-order valence-electron chi connectivity index (χ4n) is 8.86. The number of nitrogens with zero attached hydrogens (tertiary/aromatic N) is 3. The molecule has 58 heavy (non-hydrogen) atoms. The SMILES string of the molecule is CN1CN(c2cc(Oc3cccc(C4(c5cc(C(C)(C)C)ccn5)c5ccc(C(C)(C)C)cc5-c5cc(C(C)(C)C)ccc54)c3)cc(C(C)(C)C)c2)c2ccccc21. The second-order valence-corrected chi connectivity index (χ2v) is 20.8. The van der Waals surface area contributed by atoms with Crippen LogP contribution < -0.4 is 14.5 Å². The molecule has 0 unspecified atom stereocenters. The van der Waals surface area contributed by atoms with Crippen LogP contribution in [0.1, 0.15) is 128 Å². The van der Waals surface area contributed by atoms with E-state index in [9.17, 15) is 0 Å². The molecule has 0 saturated carbocycles. The van der Waals surface area contributed by atoms with Gasteiger partial charge in [0.25, 0.3) is 0 Å². The predicted molar refractivity (Wildman–Crippen MR) is 245 cm³/mol. The normalized spacial score (nSPS) is 15.0. The molecule has 5 aromatic carbocycles. The summed E-state index contributed by atoms with van der Waals surface area (Å²) in [6, 6.07) is 43.1. The first-order chi connectivity index (χ1) is 27.2. The van der Waals surface area contributed by atoms with Crippen LogP contribution in [0.4, 0.5) is 17.1 Å². The maximum atomic E-state index is 7.03. The van der Waals surface area contributed by atoms with Gasteiger partial charge in [-0.2, -0.15) is 0 Å². The minimum absolute atomic E-state index is 0.00670. The summed E-state index contributed by atoms with van der Waals surface area (Å²) < 4.78 is 7.03. The molecule has 1 aliphatic heterocycles. The van der Waals surface area contributed by atoms with Gasteiger partial charge in [-0.3, -0.25) is 4.98 Å². The van der Waals surface area contributed by atoms with Gasteiger partial charge in [-0.05, 0) is 120 Å². The predicted octanol–water partition coefficient (Wildman–Crippen LogP) is 14.0. The van der Waals surface area contributed by atoms with Crippen molar-refractivity contribution in [3.63, 3.8) is 0 Å². The number of anilines is 3. The number of ether oxygens (including phenoxy) is 1. The van der Waals surface area contributed by atoms with Crippen LogP contribution in [0.25, 0.3) is 11.1 Å². The average molecular weight is 768 g/mol. The van der Waals surface area contributed by atoms with Gasteiger partial charge < -0.3 is 14.5 Å². The molecule has 8 rings (SSSR count). The minimum atomic E-state index is -0.680. The quantitative estimate of drug-likeness (QED) is 0.174. The van der Waals surface area contributed by atoms with Gasteiger partial charge in [0.05, 0.1) is 29.2 Å². The van der Waals surface area contributed by atoms with Crippen LogP contribution in [0.2, 0.25) is 0 Å². The highest BCUT2D eigenvalue weighted by Crippen LogP contribution is 2.57. The second kappa shape index (κ2) is 13.6. The number of fused-ring (bicyclic) bond motifs is 4. The molecule has 2 heterocycles. The summed E-state index contributed by atoms with van der Waals surface area (Å²) in [7, 11) is 2.16. The highest BCUT2D eigenvalue weighted by atomic mass is 16.5. The lowest BCUT2D eigenvalue weighted by Crippen LogP contribution is -2.31. The lowest BCUT2D eigenvalue weighted by Gasteiger charge is -2.34. The average Bonchev–Trinajstić information content (AvgIpc) is 3.65. The van der Waals surface area contributed by atoms with Crippen LogP contribution in [0.15, 0.2) is 121 Å². The Morgan fingerprint density at radius 2 is 1.09 bits per heavy atom. The minimum Gasteiger partial charge on any atom is -0.457 e. The van der Waals surface area contributed by atoms with E-state index in [2.05, 4.69) is 215 Å². The summed E-state index contributed by atoms with van der Waals surface area (Å²) in [6.07, 6.45) is 2.01. The Labute approximate surface area is 347 Å². The third kappa shape index (κ3) is 6.79. The number of aromatic nitrogens is 1. The monoisotopic (exact) mass is 767 g/mol. The number of para-hydroxylation sites is 2. The fourth-order valence-corrected chi connectivity index (χ4v) is 8.86. The van der Waals surface area contributed by atoms with Crippen LogP contribution >= 0.6 is 0 Å². The Balaban J connectivity index is 1.34. The molecule has 0 radical (unpaired) electrons. The molecule has 0 atom stereocenters. The first-order valence-corrected chi connectivity index (χ1v) is 20.9. The van der Waals surface area contributed by atoms with E-state index in [1.165, 1.54) is 55.9 Å². The first-order valence-electron chi connectivity index (χ1n) is 20.9. The molecular formula is C54H61N3O. The van der Waals surface area contributed by atoms with E-state index < -0.39 is 5.41 Å². The maximum absolute atomic E-state index is 7.03. The van der Waals surface area contributed by atoms with Gasteiger partial charge in [-0.1, -0.05) is 144 Å². The molecule has 0 amide bonds. The van der Waals surface area contributed by atoms with Gasteiger partial charge in [0.15, 0.2) is 0 Å². The molecule has 4 heteroatoms. The van der Waals surface area contributed by atoms with Crippen molar-refractivity contribution in [1.29, 1.82) is 0 Å². The Hall–Kier alpha value is -5.35. The van der Waals surface area contributed by atoms with Gasteiger partial charge in [-0.25, -0.2) is 0 Å². The second-order valence-electron chi connectivity index (χ2n) is 20.8. The zero-order chi connectivity index (χ0) is 41.6. The lowest BCUT2D eigenvalue weighted by molar-refractivity contribution is 0.477. The molecule has 6 aromatic rings. The smallest absolute Gasteiger partial charge is 0.129 e. The molecule has 0 N–H and O–H groups in total. The van der Waals surface area contributed by atoms with Crippen molar-refractivity contribution in [2.45, 2.75) is 110 Å². The summed E-state index contributed by atoms with van der Waals surface area (Å²) in [4.78, 5) is 10.00. The summed E-state index contributed by atoms with van der Waals surface area (Å²) in [5, 5.41) is 0. The summed E-state index contributed by atoms with van der Waals surface area (Å²) in [6.45, 7) is 28.3. The van der Waals surface area contributed by atoms with Crippen molar-refractivity contribution in [1.82, 2.24) is 4.98 Å². The lowest BCUT2D eigenvalue weighted by atomic mass is 9.68. The Morgan fingerprint density at radius 3 is 1.67 bits per heavy atom. The van der Waals surface area contributed by atoms with E-state index in [1.807, 2.05) is 6.20 Å². The fraction of sp³-hybridized carbons (Fsp3) is 0.352. The summed E-state index contributed by atoms with van der Waals surface area (Å²) >= 11 is 0. The van der Waals surface area contributed by atoms with E-state index in [0.717, 1.165) is 35.1 Å². The molecule has 0 saturated heterocycles. The van der Waals surface area contributed by atoms with E-state index in [-0.39, 0.29) is 21.7 Å². The van der Waals surface area contributed by atoms with E-state index in [0.29, 0.717) is 0 Å². The molecule has 4 nitrogen and oxygen atoms in total. The van der Waals surface area contributed by atoms with Gasteiger partial charge in [0.1, 0.15) is 11.5 Å². The maximum Gasteiger partial charge on any atom is 0.129 e. The zero-order valence-electron chi connectivity index (χ0n) is 37.0. The number of hydrogen-bond donors (Lipinski definition) is 0. The van der Waals surface area contributed by atoms with Crippen molar-refractivity contribution >= 4 is 17.1 Å². The Bertz CT molecular complexity index is 2470. The highest BCUT2D eigenvalue weighted by molar-refractivity contribution is 5.87. The summed E-state index contributed by atoms with van der Waals surface area (Å²) in [5.74, 6) is 1.62. The summed E-state index contributed by atoms with van der Waals surface area (Å²) in [5.41, 5.74) is 15.1. The van der Waals surface area contributed by atoms with Crippen LogP contribution in [-0.2, 0) is 27.1 Å². The molecular weight excluding hydrogens is 707 g/mol. The molecule has 298 valence electrons. The molecule has 0 bridgehead atoms. The van der Waals surface area contributed by atoms with Gasteiger partial charge in [0.2, 0.25) is 0 Å². The Kier molecular flexibility index (Phi) is 9.27. The van der Waals surface area contributed by atoms with Crippen LogP contribution in [0.3, 0.4) is 0 Å². The van der Waals surface area contributed by atoms with Crippen LogP contribution in [-0.4, -0.2) is 18.7 Å². The molecule has 0 spiro atoms. The van der Waals surface area contributed by atoms with E-state index in [4.69, 9.17) is 9.72 Å². The van der Waals surface area contributed by atoms with Crippen LogP contribution in [0, 0.1) is 0 Å². The molecule has 0 fully saturated rings. The van der Waals surface area contributed by atoms with Gasteiger partial charge >= 0.3 is 0 Å². The number of rotatable bonds is 5. The highest BCUT2D eigenvalue weighted by Gasteiger charge is 2.48. The third-order valence-corrected chi connectivity index (χ3v) is 12.4. The molecule has 1 aliphatic carbocycles. The standard InChI is InChI=1S/C54H61N3O/c1-50(2,3)35-21-23-45-43(30-35)44-31-36(51(4,5)6)22-24-46(44)54(45,49-32-37(25-26-55-49)52(7,8)9)38-17-16-18-41(28-38)58-42-29-39(53(10,11)12)27-40(33-42)57-34-56(13)47-19-14-15-20-48(47)57/h14-33H,34H2,1-13H3. The first kappa shape index (κ1) is 39.5. The van der Waals surface area contributed by atoms with Crippen molar-refractivity contribution in [3.05, 3.63) is 166 Å². The third-order valence-electron chi connectivity index (χ3n) is 12.4. The van der Waals surface area contributed by atoms with Crippen molar-refractivity contribution in [3.8, 4) is 22.6 Å². The van der Waals surface area contributed by atoms with E-state index >= 15 is 0 Å². The number of pyridine rings is 1. The van der Waals surface area contributed by atoms with Gasteiger partial charge in [-0.15, -0.1) is 0 Å². The van der Waals surface area contributed by atoms with Crippen LogP contribution in [0.5, 0.6) is 11.5 Å². The topological polar surface area (TPSA) is 28.6 Å². The number of hydrogen-bond acceptors (Lipinski definition) is 4.